The lowest BCUT2D eigenvalue weighted by Crippen LogP contribution is -2.31. The van der Waals surface area contributed by atoms with Crippen LogP contribution in [0, 0.1) is 0 Å². The van der Waals surface area contributed by atoms with Crippen molar-refractivity contribution in [3.63, 3.8) is 0 Å². The van der Waals surface area contributed by atoms with Crippen LogP contribution < -0.4 is 5.32 Å². The van der Waals surface area contributed by atoms with Crippen LogP contribution >= 0.6 is 0 Å². The molecule has 0 saturated carbocycles. The number of benzene rings is 2. The Morgan fingerprint density at radius 2 is 1.56 bits per heavy atom. The van der Waals surface area contributed by atoms with E-state index in [9.17, 15) is 13.2 Å². The molecule has 2 aromatic rings. The van der Waals surface area contributed by atoms with Crippen molar-refractivity contribution in [2.45, 2.75) is 30.6 Å². The maximum absolute atomic E-state index is 12.8. The quantitative estimate of drug-likeness (QED) is 0.883. The van der Waals surface area contributed by atoms with Gasteiger partial charge in [0.2, 0.25) is 10.0 Å². The van der Waals surface area contributed by atoms with E-state index in [0.29, 0.717) is 24.5 Å². The SMILES string of the molecule is O=C1Nc2ccccc2C1=Nc1ccc(S(=O)(=O)N2CCCCCC2)cc1. The Bertz CT molecular complexity index is 989. The summed E-state index contributed by atoms with van der Waals surface area (Å²) in [5, 5.41) is 2.78. The van der Waals surface area contributed by atoms with Gasteiger partial charge in [0, 0.05) is 18.7 Å². The van der Waals surface area contributed by atoms with Crippen LogP contribution in [0.5, 0.6) is 0 Å². The van der Waals surface area contributed by atoms with Crippen molar-refractivity contribution >= 4 is 33.0 Å². The predicted molar refractivity (Wildman–Crippen MR) is 105 cm³/mol. The number of nitrogens with one attached hydrogen (secondary N) is 1. The minimum Gasteiger partial charge on any atom is -0.320 e. The number of hydrogen-bond donors (Lipinski definition) is 1. The van der Waals surface area contributed by atoms with Gasteiger partial charge in [0.25, 0.3) is 5.91 Å². The molecule has 6 nitrogen and oxygen atoms in total. The molecular formula is C20H21N3O3S. The lowest BCUT2D eigenvalue weighted by molar-refractivity contribution is -0.110. The van der Waals surface area contributed by atoms with Crippen LogP contribution in [-0.4, -0.2) is 37.4 Å². The molecule has 140 valence electrons. The Labute approximate surface area is 159 Å². The van der Waals surface area contributed by atoms with Gasteiger partial charge in [0.05, 0.1) is 16.3 Å². The van der Waals surface area contributed by atoms with Crippen LogP contribution in [0.15, 0.2) is 58.4 Å². The zero-order valence-electron chi connectivity index (χ0n) is 14.9. The highest BCUT2D eigenvalue weighted by molar-refractivity contribution is 7.89. The van der Waals surface area contributed by atoms with E-state index >= 15 is 0 Å². The number of carbonyl (C=O) groups excluding carboxylic acids is 1. The third-order valence-electron chi connectivity index (χ3n) is 4.93. The second kappa shape index (κ2) is 7.25. The summed E-state index contributed by atoms with van der Waals surface area (Å²) in [6.07, 6.45) is 3.96. The van der Waals surface area contributed by atoms with Crippen molar-refractivity contribution in [2.75, 3.05) is 18.4 Å². The van der Waals surface area contributed by atoms with Crippen molar-refractivity contribution in [3.05, 3.63) is 54.1 Å². The second-order valence-corrected chi connectivity index (χ2v) is 8.71. The van der Waals surface area contributed by atoms with Gasteiger partial charge in [0.15, 0.2) is 0 Å². The van der Waals surface area contributed by atoms with Crippen LogP contribution in [0.3, 0.4) is 0 Å². The summed E-state index contributed by atoms with van der Waals surface area (Å²) < 4.78 is 27.2. The molecule has 0 unspecified atom stereocenters. The molecule has 1 amide bonds. The first kappa shape index (κ1) is 17.9. The van der Waals surface area contributed by atoms with E-state index in [1.165, 1.54) is 0 Å². The van der Waals surface area contributed by atoms with Crippen molar-refractivity contribution in [3.8, 4) is 0 Å². The molecule has 0 radical (unpaired) electrons. The van der Waals surface area contributed by atoms with E-state index in [4.69, 9.17) is 0 Å². The maximum atomic E-state index is 12.8. The predicted octanol–water partition coefficient (Wildman–Crippen LogP) is 3.32. The summed E-state index contributed by atoms with van der Waals surface area (Å²) in [6.45, 7) is 1.15. The molecule has 0 aliphatic carbocycles. The summed E-state index contributed by atoms with van der Waals surface area (Å²) in [5.41, 5.74) is 2.38. The molecular weight excluding hydrogens is 362 g/mol. The van der Waals surface area contributed by atoms with Gasteiger partial charge in [-0.2, -0.15) is 4.31 Å². The topological polar surface area (TPSA) is 78.8 Å². The third-order valence-corrected chi connectivity index (χ3v) is 6.84. The molecule has 7 heteroatoms. The number of fused-ring (bicyclic) bond motifs is 1. The van der Waals surface area contributed by atoms with E-state index in [0.717, 1.165) is 36.9 Å². The summed E-state index contributed by atoms with van der Waals surface area (Å²) in [4.78, 5) is 16.9. The third kappa shape index (κ3) is 3.52. The second-order valence-electron chi connectivity index (χ2n) is 6.77. The number of nitrogens with zero attached hydrogens (tertiary/aromatic N) is 2. The zero-order chi connectivity index (χ0) is 18.9. The largest absolute Gasteiger partial charge is 0.320 e. The molecule has 1 fully saturated rings. The van der Waals surface area contributed by atoms with E-state index in [2.05, 4.69) is 10.3 Å². The maximum Gasteiger partial charge on any atom is 0.275 e. The fraction of sp³-hybridized carbons (Fsp3) is 0.300. The van der Waals surface area contributed by atoms with Gasteiger partial charge in [-0.1, -0.05) is 31.0 Å². The number of sulfonamides is 1. The minimum atomic E-state index is -3.48. The Balaban J connectivity index is 1.60. The zero-order valence-corrected chi connectivity index (χ0v) is 15.7. The van der Waals surface area contributed by atoms with Gasteiger partial charge < -0.3 is 5.32 Å². The molecule has 27 heavy (non-hydrogen) atoms. The number of para-hydroxylation sites is 1. The smallest absolute Gasteiger partial charge is 0.275 e. The minimum absolute atomic E-state index is 0.252. The number of carbonyl (C=O) groups is 1. The normalized spacial score (nSPS) is 19.6. The molecule has 0 aromatic heterocycles. The molecule has 0 bridgehead atoms. The summed E-state index contributed by atoms with van der Waals surface area (Å²) in [5.74, 6) is -0.252. The Kier molecular flexibility index (Phi) is 4.80. The molecule has 4 rings (SSSR count). The molecule has 2 aliphatic rings. The lowest BCUT2D eigenvalue weighted by Gasteiger charge is -2.19. The number of anilines is 1. The number of rotatable bonds is 3. The monoisotopic (exact) mass is 383 g/mol. The van der Waals surface area contributed by atoms with E-state index in [1.807, 2.05) is 24.3 Å². The van der Waals surface area contributed by atoms with Crippen molar-refractivity contribution in [1.29, 1.82) is 0 Å². The van der Waals surface area contributed by atoms with Gasteiger partial charge in [-0.3, -0.25) is 4.79 Å². The molecule has 2 heterocycles. The van der Waals surface area contributed by atoms with Gasteiger partial charge in [-0.05, 0) is 43.2 Å². The average molecular weight is 383 g/mol. The van der Waals surface area contributed by atoms with Gasteiger partial charge >= 0.3 is 0 Å². The highest BCUT2D eigenvalue weighted by atomic mass is 32.2. The van der Waals surface area contributed by atoms with E-state index in [1.54, 1.807) is 28.6 Å². The lowest BCUT2D eigenvalue weighted by atomic mass is 10.1. The van der Waals surface area contributed by atoms with Crippen molar-refractivity contribution in [1.82, 2.24) is 4.31 Å². The van der Waals surface area contributed by atoms with Crippen molar-refractivity contribution in [2.24, 2.45) is 4.99 Å². The molecule has 2 aromatic carbocycles. The molecule has 1 N–H and O–H groups in total. The highest BCUT2D eigenvalue weighted by Crippen LogP contribution is 2.27. The fourth-order valence-corrected chi connectivity index (χ4v) is 4.98. The van der Waals surface area contributed by atoms with Crippen LogP contribution in [0.1, 0.15) is 31.2 Å². The van der Waals surface area contributed by atoms with Crippen LogP contribution in [0.25, 0.3) is 0 Å². The summed E-state index contributed by atoms with van der Waals surface area (Å²) >= 11 is 0. The van der Waals surface area contributed by atoms with Gasteiger partial charge in [0.1, 0.15) is 5.71 Å². The molecule has 0 spiro atoms. The first-order valence-electron chi connectivity index (χ1n) is 9.15. The average Bonchev–Trinajstić information content (AvgIpc) is 2.85. The van der Waals surface area contributed by atoms with E-state index in [-0.39, 0.29) is 10.8 Å². The fourth-order valence-electron chi connectivity index (χ4n) is 3.47. The number of aliphatic imine (C=N–C) groups is 1. The highest BCUT2D eigenvalue weighted by Gasteiger charge is 2.26. The summed E-state index contributed by atoms with van der Waals surface area (Å²) in [6, 6.07) is 13.8. The Hall–Kier alpha value is -2.51. The van der Waals surface area contributed by atoms with E-state index < -0.39 is 10.0 Å². The first-order chi connectivity index (χ1) is 13.1. The standard InChI is InChI=1S/C20H21N3O3S/c24-20-19(17-7-3-4-8-18(17)22-20)21-15-9-11-16(12-10-15)27(25,26)23-13-5-1-2-6-14-23/h3-4,7-12H,1-2,5-6,13-14H2,(H,21,22,24). The Morgan fingerprint density at radius 1 is 0.889 bits per heavy atom. The van der Waals surface area contributed by atoms with Gasteiger partial charge in [-0.15, -0.1) is 0 Å². The van der Waals surface area contributed by atoms with Crippen molar-refractivity contribution < 1.29 is 13.2 Å². The summed E-state index contributed by atoms with van der Waals surface area (Å²) in [7, 11) is -3.48. The number of hydrogen-bond acceptors (Lipinski definition) is 4. The molecule has 0 atom stereocenters. The van der Waals surface area contributed by atoms with Gasteiger partial charge in [-0.25, -0.2) is 13.4 Å². The molecule has 2 aliphatic heterocycles. The molecule has 1 saturated heterocycles. The van der Waals surface area contributed by atoms with Crippen LogP contribution in [0.4, 0.5) is 11.4 Å². The number of amides is 1. The Morgan fingerprint density at radius 3 is 2.26 bits per heavy atom. The van der Waals surface area contributed by atoms with Crippen LogP contribution in [-0.2, 0) is 14.8 Å². The van der Waals surface area contributed by atoms with Crippen LogP contribution in [0.2, 0.25) is 0 Å². The first-order valence-corrected chi connectivity index (χ1v) is 10.6.